The van der Waals surface area contributed by atoms with Gasteiger partial charge in [0.05, 0.1) is 10.9 Å². The summed E-state index contributed by atoms with van der Waals surface area (Å²) in [6.07, 6.45) is 0.889. The van der Waals surface area contributed by atoms with Gasteiger partial charge in [-0.25, -0.2) is 0 Å². The first kappa shape index (κ1) is 17.7. The number of hydrogen-bond acceptors (Lipinski definition) is 5. The van der Waals surface area contributed by atoms with E-state index in [0.29, 0.717) is 5.16 Å². The molecule has 0 spiro atoms. The van der Waals surface area contributed by atoms with Crippen LogP contribution in [0.3, 0.4) is 0 Å². The Hall–Kier alpha value is -2.67. The lowest BCUT2D eigenvalue weighted by atomic mass is 10.1. The molecule has 27 heavy (non-hydrogen) atoms. The number of hydrogen-bond donors (Lipinski definition) is 0. The molecule has 2 unspecified atom stereocenters. The largest absolute Gasteiger partial charge is 0.308 e. The number of amides is 1. The minimum absolute atomic E-state index is 0.0799. The van der Waals surface area contributed by atoms with Gasteiger partial charge in [-0.1, -0.05) is 42.1 Å². The highest BCUT2D eigenvalue weighted by Crippen LogP contribution is 2.34. The van der Waals surface area contributed by atoms with Gasteiger partial charge in [-0.2, -0.15) is 4.68 Å². The van der Waals surface area contributed by atoms with Gasteiger partial charge >= 0.3 is 0 Å². The van der Waals surface area contributed by atoms with Gasteiger partial charge in [-0.3, -0.25) is 4.79 Å². The fourth-order valence-electron chi connectivity index (χ4n) is 3.48. The number of rotatable bonds is 4. The number of anilines is 1. The monoisotopic (exact) mass is 379 g/mol. The van der Waals surface area contributed by atoms with E-state index in [4.69, 9.17) is 0 Å². The number of aromatic nitrogens is 4. The third-order valence-corrected chi connectivity index (χ3v) is 5.78. The molecule has 138 valence electrons. The maximum Gasteiger partial charge on any atom is 0.240 e. The van der Waals surface area contributed by atoms with Crippen molar-refractivity contribution in [2.75, 3.05) is 4.90 Å². The molecule has 2 heterocycles. The van der Waals surface area contributed by atoms with Crippen molar-refractivity contribution < 1.29 is 4.79 Å². The highest BCUT2D eigenvalue weighted by molar-refractivity contribution is 8.00. The molecular formula is C20H21N5OS. The molecule has 2 atom stereocenters. The Morgan fingerprint density at radius 2 is 2.04 bits per heavy atom. The number of carbonyl (C=O) groups excluding carboxylic acids is 1. The lowest BCUT2D eigenvalue weighted by Gasteiger charge is -2.25. The Balaban J connectivity index is 1.56. The van der Waals surface area contributed by atoms with E-state index in [0.717, 1.165) is 23.4 Å². The molecule has 1 amide bonds. The Kier molecular flexibility index (Phi) is 4.70. The summed E-state index contributed by atoms with van der Waals surface area (Å²) in [5, 5.41) is 12.3. The van der Waals surface area contributed by atoms with Crippen LogP contribution < -0.4 is 4.90 Å². The van der Waals surface area contributed by atoms with Crippen LogP contribution in [0.5, 0.6) is 0 Å². The van der Waals surface area contributed by atoms with Gasteiger partial charge in [0.25, 0.3) is 0 Å². The Labute approximate surface area is 162 Å². The van der Waals surface area contributed by atoms with E-state index < -0.39 is 0 Å². The van der Waals surface area contributed by atoms with Crippen molar-refractivity contribution in [1.82, 2.24) is 20.2 Å². The Morgan fingerprint density at radius 1 is 1.22 bits per heavy atom. The fourth-order valence-corrected chi connectivity index (χ4v) is 4.34. The summed E-state index contributed by atoms with van der Waals surface area (Å²) in [6, 6.07) is 16.2. The quantitative estimate of drug-likeness (QED) is 0.650. The van der Waals surface area contributed by atoms with E-state index in [2.05, 4.69) is 28.5 Å². The standard InChI is InChI=1S/C20H21N5OS/c1-13-7-6-9-17(11-13)25-20(21-22-23-25)27-15(3)19(26)24-14(2)12-16-8-4-5-10-18(16)24/h4-11,14-15H,12H2,1-3H3. The summed E-state index contributed by atoms with van der Waals surface area (Å²) in [4.78, 5) is 15.1. The summed E-state index contributed by atoms with van der Waals surface area (Å²) >= 11 is 1.38. The highest BCUT2D eigenvalue weighted by Gasteiger charge is 2.34. The molecule has 1 aliphatic rings. The van der Waals surface area contributed by atoms with Crippen molar-refractivity contribution >= 4 is 23.4 Å². The first-order valence-corrected chi connectivity index (χ1v) is 9.85. The number of carbonyl (C=O) groups is 1. The van der Waals surface area contributed by atoms with E-state index in [-0.39, 0.29) is 17.2 Å². The van der Waals surface area contributed by atoms with E-state index in [1.165, 1.54) is 17.3 Å². The average Bonchev–Trinajstić information content (AvgIpc) is 3.24. The van der Waals surface area contributed by atoms with Crippen molar-refractivity contribution in [2.24, 2.45) is 0 Å². The second kappa shape index (κ2) is 7.15. The van der Waals surface area contributed by atoms with Crippen molar-refractivity contribution in [3.05, 3.63) is 59.7 Å². The zero-order valence-electron chi connectivity index (χ0n) is 15.5. The first-order valence-electron chi connectivity index (χ1n) is 8.97. The van der Waals surface area contributed by atoms with Crippen molar-refractivity contribution in [1.29, 1.82) is 0 Å². The number of para-hydroxylation sites is 1. The molecule has 1 aliphatic heterocycles. The number of fused-ring (bicyclic) bond motifs is 1. The summed E-state index contributed by atoms with van der Waals surface area (Å²) in [5.41, 5.74) is 4.26. The van der Waals surface area contributed by atoms with Gasteiger partial charge in [0.15, 0.2) is 0 Å². The Bertz CT molecular complexity index is 986. The second-order valence-electron chi connectivity index (χ2n) is 6.86. The minimum atomic E-state index is -0.298. The topological polar surface area (TPSA) is 63.9 Å². The van der Waals surface area contributed by atoms with Gasteiger partial charge in [0, 0.05) is 11.7 Å². The van der Waals surface area contributed by atoms with Gasteiger partial charge in [0.2, 0.25) is 11.1 Å². The predicted molar refractivity (Wildman–Crippen MR) is 106 cm³/mol. The summed E-state index contributed by atoms with van der Waals surface area (Å²) in [6.45, 7) is 6.03. The van der Waals surface area contributed by atoms with Crippen LogP contribution in [0, 0.1) is 6.92 Å². The van der Waals surface area contributed by atoms with Crippen LogP contribution in [0.4, 0.5) is 5.69 Å². The second-order valence-corrected chi connectivity index (χ2v) is 8.17. The molecule has 4 rings (SSSR count). The molecule has 0 radical (unpaired) electrons. The van der Waals surface area contributed by atoms with Crippen LogP contribution in [0.2, 0.25) is 0 Å². The number of aryl methyl sites for hydroxylation is 1. The third kappa shape index (κ3) is 3.35. The first-order chi connectivity index (χ1) is 13.0. The Morgan fingerprint density at radius 3 is 2.85 bits per heavy atom. The smallest absolute Gasteiger partial charge is 0.240 e. The van der Waals surface area contributed by atoms with Crippen LogP contribution in [-0.4, -0.2) is 37.4 Å². The van der Waals surface area contributed by atoms with Crippen molar-refractivity contribution in [2.45, 2.75) is 43.6 Å². The van der Waals surface area contributed by atoms with Gasteiger partial charge < -0.3 is 4.90 Å². The van der Waals surface area contributed by atoms with Crippen LogP contribution in [0.1, 0.15) is 25.0 Å². The van der Waals surface area contributed by atoms with Gasteiger partial charge in [0.1, 0.15) is 0 Å². The zero-order valence-corrected chi connectivity index (χ0v) is 16.3. The summed E-state index contributed by atoms with van der Waals surface area (Å²) in [5.74, 6) is 0.0799. The zero-order chi connectivity index (χ0) is 19.0. The molecular weight excluding hydrogens is 358 g/mol. The summed E-state index contributed by atoms with van der Waals surface area (Å²) in [7, 11) is 0. The lowest BCUT2D eigenvalue weighted by Crippen LogP contribution is -2.40. The van der Waals surface area contributed by atoms with E-state index in [9.17, 15) is 4.79 Å². The lowest BCUT2D eigenvalue weighted by molar-refractivity contribution is -0.118. The molecule has 0 fully saturated rings. The maximum atomic E-state index is 13.2. The molecule has 2 aromatic carbocycles. The van der Waals surface area contributed by atoms with E-state index >= 15 is 0 Å². The molecule has 0 saturated carbocycles. The maximum absolute atomic E-state index is 13.2. The molecule has 0 aliphatic carbocycles. The molecule has 0 bridgehead atoms. The van der Waals surface area contributed by atoms with Crippen molar-refractivity contribution in [3.63, 3.8) is 0 Å². The predicted octanol–water partition coefficient (Wildman–Crippen LogP) is 3.43. The normalized spacial score (nSPS) is 17.0. The fraction of sp³-hybridized carbons (Fsp3) is 0.300. The van der Waals surface area contributed by atoms with Gasteiger partial charge in [-0.05, 0) is 66.9 Å². The molecule has 6 nitrogen and oxygen atoms in total. The SMILES string of the molecule is Cc1cccc(-n2nnnc2SC(C)C(=O)N2c3ccccc3CC2C)c1. The van der Waals surface area contributed by atoms with Crippen LogP contribution >= 0.6 is 11.8 Å². The van der Waals surface area contributed by atoms with Crippen molar-refractivity contribution in [3.8, 4) is 5.69 Å². The molecule has 1 aromatic heterocycles. The van der Waals surface area contributed by atoms with Crippen LogP contribution in [-0.2, 0) is 11.2 Å². The highest BCUT2D eigenvalue weighted by atomic mass is 32.2. The molecule has 0 N–H and O–H groups in total. The van der Waals surface area contributed by atoms with Crippen LogP contribution in [0.15, 0.2) is 53.7 Å². The van der Waals surface area contributed by atoms with Gasteiger partial charge in [-0.15, -0.1) is 5.10 Å². The number of nitrogens with zero attached hydrogens (tertiary/aromatic N) is 5. The van der Waals surface area contributed by atoms with E-state index in [1.807, 2.05) is 61.2 Å². The summed E-state index contributed by atoms with van der Waals surface area (Å²) < 4.78 is 1.68. The number of benzene rings is 2. The van der Waals surface area contributed by atoms with E-state index in [1.54, 1.807) is 4.68 Å². The van der Waals surface area contributed by atoms with Crippen LogP contribution in [0.25, 0.3) is 5.69 Å². The molecule has 0 saturated heterocycles. The third-order valence-electron chi connectivity index (χ3n) is 4.76. The minimum Gasteiger partial charge on any atom is -0.308 e. The molecule has 7 heteroatoms. The number of thioether (sulfide) groups is 1. The molecule has 3 aromatic rings. The number of tetrazole rings is 1. The average molecular weight is 379 g/mol.